The molecule has 1 aliphatic rings. The molecular formula is C13H16FNO3. The standard InChI is InChI=1S/C13H16FNO3/c1-8-6-10(4-5-18-8)15-12-3-2-9(13(16)17)7-11(12)14/h2-3,7-8,10,15H,4-6H2,1H3,(H,16,17). The molecule has 1 heterocycles. The van der Waals surface area contributed by atoms with Crippen LogP contribution in [-0.2, 0) is 4.74 Å². The van der Waals surface area contributed by atoms with Crippen LogP contribution in [0.15, 0.2) is 18.2 Å². The van der Waals surface area contributed by atoms with Gasteiger partial charge >= 0.3 is 5.97 Å². The third kappa shape index (κ3) is 2.98. The summed E-state index contributed by atoms with van der Waals surface area (Å²) in [7, 11) is 0. The molecule has 18 heavy (non-hydrogen) atoms. The second kappa shape index (κ2) is 5.35. The van der Waals surface area contributed by atoms with Gasteiger partial charge in [-0.15, -0.1) is 0 Å². The van der Waals surface area contributed by atoms with Crippen LogP contribution < -0.4 is 5.32 Å². The van der Waals surface area contributed by atoms with Crippen LogP contribution in [0.1, 0.15) is 30.1 Å². The average molecular weight is 253 g/mol. The van der Waals surface area contributed by atoms with E-state index in [2.05, 4.69) is 5.32 Å². The van der Waals surface area contributed by atoms with Crippen molar-refractivity contribution in [1.29, 1.82) is 0 Å². The van der Waals surface area contributed by atoms with Crippen molar-refractivity contribution in [2.24, 2.45) is 0 Å². The molecule has 1 saturated heterocycles. The van der Waals surface area contributed by atoms with E-state index in [0.717, 1.165) is 18.9 Å². The number of benzene rings is 1. The third-order valence-electron chi connectivity index (χ3n) is 3.06. The minimum absolute atomic E-state index is 0.0432. The summed E-state index contributed by atoms with van der Waals surface area (Å²) in [6, 6.07) is 4.07. The first kappa shape index (κ1) is 12.8. The first-order valence-corrected chi connectivity index (χ1v) is 5.97. The summed E-state index contributed by atoms with van der Waals surface area (Å²) < 4.78 is 19.1. The van der Waals surface area contributed by atoms with Crippen LogP contribution in [0, 0.1) is 5.82 Å². The highest BCUT2D eigenvalue weighted by Gasteiger charge is 2.20. The number of carboxylic acids is 1. The van der Waals surface area contributed by atoms with Gasteiger partial charge in [-0.1, -0.05) is 0 Å². The monoisotopic (exact) mass is 253 g/mol. The summed E-state index contributed by atoms with van der Waals surface area (Å²) in [4.78, 5) is 10.7. The van der Waals surface area contributed by atoms with E-state index < -0.39 is 11.8 Å². The van der Waals surface area contributed by atoms with Gasteiger partial charge in [-0.3, -0.25) is 0 Å². The van der Waals surface area contributed by atoms with Crippen molar-refractivity contribution in [1.82, 2.24) is 0 Å². The summed E-state index contributed by atoms with van der Waals surface area (Å²) in [5.74, 6) is -1.66. The molecule has 1 aromatic carbocycles. The number of aromatic carboxylic acids is 1. The zero-order chi connectivity index (χ0) is 13.1. The van der Waals surface area contributed by atoms with E-state index in [1.807, 2.05) is 6.92 Å². The molecule has 2 rings (SSSR count). The van der Waals surface area contributed by atoms with Gasteiger partial charge in [0.1, 0.15) is 5.82 Å². The largest absolute Gasteiger partial charge is 0.478 e. The molecule has 2 unspecified atom stereocenters. The minimum Gasteiger partial charge on any atom is -0.478 e. The lowest BCUT2D eigenvalue weighted by molar-refractivity contribution is 0.0232. The van der Waals surface area contributed by atoms with Crippen LogP contribution in [0.25, 0.3) is 0 Å². The number of ether oxygens (including phenoxy) is 1. The molecule has 0 amide bonds. The normalized spacial score (nSPS) is 23.7. The zero-order valence-electron chi connectivity index (χ0n) is 10.1. The molecule has 2 atom stereocenters. The Hall–Kier alpha value is -1.62. The highest BCUT2D eigenvalue weighted by atomic mass is 19.1. The lowest BCUT2D eigenvalue weighted by atomic mass is 10.0. The predicted molar refractivity (Wildman–Crippen MR) is 65.4 cm³/mol. The molecule has 2 N–H and O–H groups in total. The van der Waals surface area contributed by atoms with Gasteiger partial charge in [0.2, 0.25) is 0 Å². The third-order valence-corrected chi connectivity index (χ3v) is 3.06. The van der Waals surface area contributed by atoms with Crippen molar-refractivity contribution in [3.63, 3.8) is 0 Å². The fourth-order valence-corrected chi connectivity index (χ4v) is 2.11. The summed E-state index contributed by atoms with van der Waals surface area (Å²) in [5.41, 5.74) is 0.303. The van der Waals surface area contributed by atoms with Gasteiger partial charge < -0.3 is 15.2 Å². The topological polar surface area (TPSA) is 58.6 Å². The number of nitrogens with one attached hydrogen (secondary N) is 1. The number of carbonyl (C=O) groups is 1. The van der Waals surface area contributed by atoms with Crippen LogP contribution in [0.2, 0.25) is 0 Å². The fourth-order valence-electron chi connectivity index (χ4n) is 2.11. The molecule has 4 nitrogen and oxygen atoms in total. The molecule has 0 bridgehead atoms. The van der Waals surface area contributed by atoms with E-state index in [9.17, 15) is 9.18 Å². The number of hydrogen-bond donors (Lipinski definition) is 2. The highest BCUT2D eigenvalue weighted by molar-refractivity contribution is 5.88. The van der Waals surface area contributed by atoms with Crippen LogP contribution in [0.4, 0.5) is 10.1 Å². The summed E-state index contributed by atoms with van der Waals surface area (Å²) in [6.45, 7) is 2.64. The lowest BCUT2D eigenvalue weighted by Crippen LogP contribution is -2.32. The Bertz CT molecular complexity index is 450. The Morgan fingerprint density at radius 3 is 2.94 bits per heavy atom. The number of hydrogen-bond acceptors (Lipinski definition) is 3. The van der Waals surface area contributed by atoms with Gasteiger partial charge in [0.15, 0.2) is 0 Å². The molecule has 0 radical (unpaired) electrons. The average Bonchev–Trinajstić information content (AvgIpc) is 2.31. The van der Waals surface area contributed by atoms with Crippen LogP contribution >= 0.6 is 0 Å². The van der Waals surface area contributed by atoms with E-state index >= 15 is 0 Å². The molecule has 0 aliphatic carbocycles. The van der Waals surface area contributed by atoms with E-state index in [1.54, 1.807) is 0 Å². The van der Waals surface area contributed by atoms with Gasteiger partial charge in [-0.05, 0) is 38.0 Å². The minimum atomic E-state index is -1.12. The molecule has 1 aliphatic heterocycles. The molecule has 0 aromatic heterocycles. The first-order valence-electron chi connectivity index (χ1n) is 5.97. The van der Waals surface area contributed by atoms with Crippen molar-refractivity contribution in [2.75, 3.05) is 11.9 Å². The molecule has 98 valence electrons. The quantitative estimate of drug-likeness (QED) is 0.869. The Morgan fingerprint density at radius 1 is 1.56 bits per heavy atom. The summed E-state index contributed by atoms with van der Waals surface area (Å²) >= 11 is 0. The number of anilines is 1. The molecular weight excluding hydrogens is 237 g/mol. The Labute approximate surface area is 105 Å². The van der Waals surface area contributed by atoms with Crippen LogP contribution in [0.3, 0.4) is 0 Å². The van der Waals surface area contributed by atoms with Crippen LogP contribution in [0.5, 0.6) is 0 Å². The van der Waals surface area contributed by atoms with Crippen LogP contribution in [-0.4, -0.2) is 29.8 Å². The van der Waals surface area contributed by atoms with Gasteiger partial charge in [0.25, 0.3) is 0 Å². The summed E-state index contributed by atoms with van der Waals surface area (Å²) in [6.07, 6.45) is 1.81. The first-order chi connectivity index (χ1) is 8.56. The van der Waals surface area contributed by atoms with Crippen molar-refractivity contribution < 1.29 is 19.0 Å². The smallest absolute Gasteiger partial charge is 0.335 e. The SMILES string of the molecule is CC1CC(Nc2ccc(C(=O)O)cc2F)CCO1. The van der Waals surface area contributed by atoms with Crippen molar-refractivity contribution >= 4 is 11.7 Å². The maximum absolute atomic E-state index is 13.7. The van der Waals surface area contributed by atoms with Gasteiger partial charge in [-0.2, -0.15) is 0 Å². The van der Waals surface area contributed by atoms with E-state index in [4.69, 9.17) is 9.84 Å². The number of rotatable bonds is 3. The lowest BCUT2D eigenvalue weighted by Gasteiger charge is -2.28. The fraction of sp³-hybridized carbons (Fsp3) is 0.462. The van der Waals surface area contributed by atoms with E-state index in [1.165, 1.54) is 12.1 Å². The van der Waals surface area contributed by atoms with E-state index in [0.29, 0.717) is 12.3 Å². The van der Waals surface area contributed by atoms with Gasteiger partial charge in [0.05, 0.1) is 17.4 Å². The molecule has 0 saturated carbocycles. The molecule has 1 fully saturated rings. The second-order valence-corrected chi connectivity index (χ2v) is 4.55. The van der Waals surface area contributed by atoms with Crippen molar-refractivity contribution in [2.45, 2.75) is 31.9 Å². The molecule has 0 spiro atoms. The van der Waals surface area contributed by atoms with E-state index in [-0.39, 0.29) is 17.7 Å². The zero-order valence-corrected chi connectivity index (χ0v) is 10.1. The van der Waals surface area contributed by atoms with Crippen molar-refractivity contribution in [3.05, 3.63) is 29.6 Å². The predicted octanol–water partition coefficient (Wildman–Crippen LogP) is 2.50. The molecule has 5 heteroatoms. The second-order valence-electron chi connectivity index (χ2n) is 4.55. The summed E-state index contributed by atoms with van der Waals surface area (Å²) in [5, 5.41) is 11.9. The van der Waals surface area contributed by atoms with Crippen molar-refractivity contribution in [3.8, 4) is 0 Å². The maximum Gasteiger partial charge on any atom is 0.335 e. The Morgan fingerprint density at radius 2 is 2.33 bits per heavy atom. The Kier molecular flexibility index (Phi) is 3.81. The van der Waals surface area contributed by atoms with Gasteiger partial charge in [-0.25, -0.2) is 9.18 Å². The number of carboxylic acid groups (broad SMARTS) is 1. The van der Waals surface area contributed by atoms with Gasteiger partial charge in [0, 0.05) is 12.6 Å². The maximum atomic E-state index is 13.7. The molecule has 1 aromatic rings. The number of halogens is 1. The highest BCUT2D eigenvalue weighted by Crippen LogP contribution is 2.21. The Balaban J connectivity index is 2.07.